The Kier molecular flexibility index (Phi) is 2.80. The van der Waals surface area contributed by atoms with E-state index in [1.165, 1.54) is 0 Å². The second kappa shape index (κ2) is 4.23. The van der Waals surface area contributed by atoms with Crippen LogP contribution in [-0.4, -0.2) is 17.5 Å². The summed E-state index contributed by atoms with van der Waals surface area (Å²) in [5.74, 6) is -0.556. The first-order valence-electron chi connectivity index (χ1n) is 7.18. The SMILES string of the molecule is CC1(C)[C@@]2(C(=O)NNc3ccccc3)CC[C@]1(C)C(=O)O2. The fraction of sp³-hybridized carbons (Fsp3) is 0.500. The van der Waals surface area contributed by atoms with E-state index in [1.807, 2.05) is 51.1 Å². The number of hydrazine groups is 1. The van der Waals surface area contributed by atoms with E-state index < -0.39 is 16.4 Å². The number of hydrogen-bond acceptors (Lipinski definition) is 4. The second-order valence-electron chi connectivity index (χ2n) is 6.62. The summed E-state index contributed by atoms with van der Waals surface area (Å²) in [4.78, 5) is 24.8. The summed E-state index contributed by atoms with van der Waals surface area (Å²) in [6.45, 7) is 5.77. The third-order valence-corrected chi connectivity index (χ3v) is 5.54. The molecule has 2 fully saturated rings. The van der Waals surface area contributed by atoms with Crippen LogP contribution in [0.3, 0.4) is 0 Å². The van der Waals surface area contributed by atoms with E-state index in [2.05, 4.69) is 10.9 Å². The van der Waals surface area contributed by atoms with Crippen LogP contribution in [0.25, 0.3) is 0 Å². The number of benzene rings is 1. The molecule has 1 aromatic carbocycles. The van der Waals surface area contributed by atoms with Gasteiger partial charge in [0, 0.05) is 5.41 Å². The molecule has 0 radical (unpaired) electrons. The molecule has 5 heteroatoms. The smallest absolute Gasteiger partial charge is 0.313 e. The van der Waals surface area contributed by atoms with E-state index >= 15 is 0 Å². The van der Waals surface area contributed by atoms with Crippen molar-refractivity contribution in [3.8, 4) is 0 Å². The van der Waals surface area contributed by atoms with E-state index in [9.17, 15) is 9.59 Å². The molecular weight excluding hydrogens is 268 g/mol. The molecule has 1 saturated carbocycles. The van der Waals surface area contributed by atoms with Crippen LogP contribution < -0.4 is 10.9 Å². The Morgan fingerprint density at radius 1 is 1.14 bits per heavy atom. The maximum absolute atomic E-state index is 12.7. The van der Waals surface area contributed by atoms with E-state index in [1.54, 1.807) is 0 Å². The third kappa shape index (κ3) is 1.63. The number of ether oxygens (including phenoxy) is 1. The van der Waals surface area contributed by atoms with Crippen LogP contribution in [0.4, 0.5) is 5.69 Å². The fourth-order valence-corrected chi connectivity index (χ4v) is 3.50. The number of anilines is 1. The first-order chi connectivity index (χ1) is 9.83. The number of amides is 1. The van der Waals surface area contributed by atoms with Crippen molar-refractivity contribution in [3.63, 3.8) is 0 Å². The average molecular weight is 288 g/mol. The molecule has 2 atom stereocenters. The van der Waals surface area contributed by atoms with Crippen molar-refractivity contribution in [1.29, 1.82) is 0 Å². The molecule has 1 amide bonds. The molecule has 112 valence electrons. The lowest BCUT2D eigenvalue weighted by Crippen LogP contribution is -2.54. The van der Waals surface area contributed by atoms with Crippen molar-refractivity contribution in [2.45, 2.75) is 39.2 Å². The normalized spacial score (nSPS) is 32.6. The first kappa shape index (κ1) is 13.9. The number of esters is 1. The Morgan fingerprint density at radius 3 is 2.33 bits per heavy atom. The summed E-state index contributed by atoms with van der Waals surface area (Å²) >= 11 is 0. The molecule has 1 aromatic rings. The van der Waals surface area contributed by atoms with Crippen LogP contribution in [-0.2, 0) is 14.3 Å². The van der Waals surface area contributed by atoms with Crippen molar-refractivity contribution >= 4 is 17.6 Å². The van der Waals surface area contributed by atoms with Gasteiger partial charge >= 0.3 is 5.97 Å². The molecule has 0 aromatic heterocycles. The standard InChI is InChI=1S/C16H20N2O3/c1-14(2)15(3)9-10-16(14,21-13(15)20)12(19)18-17-11-7-5-4-6-8-11/h4-8,17H,9-10H2,1-3H3,(H,18,19)/t15-,16+/m1/s1. The minimum absolute atomic E-state index is 0.270. The molecule has 1 aliphatic carbocycles. The number of para-hydroxylation sites is 1. The Morgan fingerprint density at radius 2 is 1.81 bits per heavy atom. The molecule has 1 aliphatic heterocycles. The third-order valence-electron chi connectivity index (χ3n) is 5.54. The Bertz CT molecular complexity index is 599. The number of nitrogens with one attached hydrogen (secondary N) is 2. The van der Waals surface area contributed by atoms with Gasteiger partial charge in [-0.15, -0.1) is 0 Å². The molecule has 5 nitrogen and oxygen atoms in total. The van der Waals surface area contributed by atoms with Crippen molar-refractivity contribution < 1.29 is 14.3 Å². The number of hydrogen-bond donors (Lipinski definition) is 2. The van der Waals surface area contributed by atoms with E-state index in [-0.39, 0.29) is 11.9 Å². The molecule has 2 aliphatic rings. The van der Waals surface area contributed by atoms with Crippen LogP contribution in [0.2, 0.25) is 0 Å². The topological polar surface area (TPSA) is 67.4 Å². The maximum atomic E-state index is 12.7. The minimum atomic E-state index is -1.08. The monoisotopic (exact) mass is 288 g/mol. The Hall–Kier alpha value is -2.04. The summed E-state index contributed by atoms with van der Waals surface area (Å²) in [6.07, 6.45) is 1.24. The highest BCUT2D eigenvalue weighted by Gasteiger charge is 2.75. The molecule has 1 saturated heterocycles. The van der Waals surface area contributed by atoms with Gasteiger partial charge in [0.15, 0.2) is 5.60 Å². The van der Waals surface area contributed by atoms with Gasteiger partial charge in [0.1, 0.15) is 0 Å². The molecule has 3 rings (SSSR count). The molecule has 0 spiro atoms. The zero-order valence-electron chi connectivity index (χ0n) is 12.5. The molecule has 2 bridgehead atoms. The van der Waals surface area contributed by atoms with Crippen LogP contribution in [0.5, 0.6) is 0 Å². The van der Waals surface area contributed by atoms with Crippen molar-refractivity contribution in [2.24, 2.45) is 10.8 Å². The summed E-state index contributed by atoms with van der Waals surface area (Å²) in [6, 6.07) is 9.35. The zero-order chi connectivity index (χ0) is 15.3. The lowest BCUT2D eigenvalue weighted by atomic mass is 9.66. The average Bonchev–Trinajstić information content (AvgIpc) is 2.76. The van der Waals surface area contributed by atoms with Crippen LogP contribution >= 0.6 is 0 Å². The lowest BCUT2D eigenvalue weighted by Gasteiger charge is -2.35. The number of carbonyl (C=O) groups is 2. The quantitative estimate of drug-likeness (QED) is 0.661. The van der Waals surface area contributed by atoms with Gasteiger partial charge in [0.2, 0.25) is 0 Å². The van der Waals surface area contributed by atoms with Gasteiger partial charge < -0.3 is 4.74 Å². The van der Waals surface area contributed by atoms with Gasteiger partial charge in [-0.1, -0.05) is 32.0 Å². The second-order valence-corrected chi connectivity index (χ2v) is 6.62. The van der Waals surface area contributed by atoms with Gasteiger partial charge in [-0.2, -0.15) is 0 Å². The van der Waals surface area contributed by atoms with Gasteiger partial charge in [0.25, 0.3) is 5.91 Å². The summed E-state index contributed by atoms with van der Waals surface area (Å²) in [7, 11) is 0. The van der Waals surface area contributed by atoms with Gasteiger partial charge in [-0.3, -0.25) is 20.4 Å². The highest BCUT2D eigenvalue weighted by Crippen LogP contribution is 2.65. The summed E-state index contributed by atoms with van der Waals surface area (Å²) in [5, 5.41) is 0. The zero-order valence-corrected chi connectivity index (χ0v) is 12.5. The van der Waals surface area contributed by atoms with E-state index in [0.29, 0.717) is 12.8 Å². The minimum Gasteiger partial charge on any atom is -0.448 e. The fourth-order valence-electron chi connectivity index (χ4n) is 3.50. The van der Waals surface area contributed by atoms with E-state index in [4.69, 9.17) is 4.74 Å². The van der Waals surface area contributed by atoms with Crippen LogP contribution in [0.1, 0.15) is 33.6 Å². The van der Waals surface area contributed by atoms with Crippen molar-refractivity contribution in [1.82, 2.24) is 5.43 Å². The molecular formula is C16H20N2O3. The molecule has 1 heterocycles. The predicted molar refractivity (Wildman–Crippen MR) is 78.2 cm³/mol. The highest BCUT2D eigenvalue weighted by atomic mass is 16.6. The van der Waals surface area contributed by atoms with E-state index in [0.717, 1.165) is 5.69 Å². The lowest BCUT2D eigenvalue weighted by molar-refractivity contribution is -0.168. The van der Waals surface area contributed by atoms with Gasteiger partial charge in [-0.25, -0.2) is 0 Å². The van der Waals surface area contributed by atoms with Gasteiger partial charge in [0.05, 0.1) is 11.1 Å². The summed E-state index contributed by atoms with van der Waals surface area (Å²) < 4.78 is 5.53. The number of fused-ring (bicyclic) bond motifs is 2. The van der Waals surface area contributed by atoms with Crippen LogP contribution in [0.15, 0.2) is 30.3 Å². The Balaban J connectivity index is 1.80. The van der Waals surface area contributed by atoms with Crippen LogP contribution in [0, 0.1) is 10.8 Å². The molecule has 21 heavy (non-hydrogen) atoms. The summed E-state index contributed by atoms with van der Waals surface area (Å²) in [5.41, 5.74) is 4.15. The number of carbonyl (C=O) groups excluding carboxylic acids is 2. The van der Waals surface area contributed by atoms with Crippen molar-refractivity contribution in [3.05, 3.63) is 30.3 Å². The first-order valence-corrected chi connectivity index (χ1v) is 7.18. The Labute approximate surface area is 124 Å². The largest absolute Gasteiger partial charge is 0.448 e. The highest BCUT2D eigenvalue weighted by molar-refractivity contribution is 5.96. The van der Waals surface area contributed by atoms with Gasteiger partial charge in [-0.05, 0) is 31.9 Å². The predicted octanol–water partition coefficient (Wildman–Crippen LogP) is 2.25. The number of rotatable bonds is 3. The molecule has 2 N–H and O–H groups in total. The van der Waals surface area contributed by atoms with Crippen molar-refractivity contribution in [2.75, 3.05) is 5.43 Å². The molecule has 0 unspecified atom stereocenters. The maximum Gasteiger partial charge on any atom is 0.313 e.